The molecule has 0 unspecified atom stereocenters. The van der Waals surface area contributed by atoms with Gasteiger partial charge in [-0.3, -0.25) is 0 Å². The van der Waals surface area contributed by atoms with E-state index in [9.17, 15) is 0 Å². The maximum Gasteiger partial charge on any atom is 0.0911 e. The van der Waals surface area contributed by atoms with E-state index in [0.717, 1.165) is 11.4 Å². The molecule has 0 saturated heterocycles. The van der Waals surface area contributed by atoms with E-state index in [-0.39, 0.29) is 5.41 Å². The Morgan fingerprint density at radius 3 is 2.24 bits per heavy atom. The summed E-state index contributed by atoms with van der Waals surface area (Å²) in [6, 6.07) is 7.51. The molecule has 1 aromatic carbocycles. The summed E-state index contributed by atoms with van der Waals surface area (Å²) in [7, 11) is 0. The van der Waals surface area contributed by atoms with Crippen LogP contribution in [0.15, 0.2) is 30.5 Å². The Bertz CT molecular complexity index is 521. The lowest BCUT2D eigenvalue weighted by molar-refractivity contribution is 0.562. The van der Waals surface area contributed by atoms with E-state index in [1.54, 1.807) is 4.68 Å². The van der Waals surface area contributed by atoms with E-state index in [1.807, 2.05) is 30.5 Å². The van der Waals surface area contributed by atoms with Gasteiger partial charge in [-0.25, -0.2) is 4.68 Å². The third-order valence-electron chi connectivity index (χ3n) is 2.54. The Kier molecular flexibility index (Phi) is 2.87. The molecule has 0 atom stereocenters. The number of halogens is 1. The molecule has 0 aliphatic carbocycles. The maximum atomic E-state index is 5.99. The Morgan fingerprint density at radius 1 is 1.18 bits per heavy atom. The number of nitrogens with zero attached hydrogens (tertiary/aromatic N) is 2. The monoisotopic (exact) mass is 249 g/mol. The van der Waals surface area contributed by atoms with Crippen LogP contribution in [0, 0.1) is 0 Å². The highest BCUT2D eigenvalue weighted by atomic mass is 35.5. The molecule has 4 heteroatoms. The van der Waals surface area contributed by atoms with Gasteiger partial charge in [0.1, 0.15) is 0 Å². The highest BCUT2D eigenvalue weighted by Crippen LogP contribution is 2.27. The Morgan fingerprint density at radius 2 is 1.76 bits per heavy atom. The lowest BCUT2D eigenvalue weighted by Crippen LogP contribution is -2.14. The van der Waals surface area contributed by atoms with E-state index < -0.39 is 0 Å². The summed E-state index contributed by atoms with van der Waals surface area (Å²) in [5, 5.41) is 5.24. The maximum absolute atomic E-state index is 5.99. The van der Waals surface area contributed by atoms with Crippen molar-refractivity contribution in [3.05, 3.63) is 41.2 Å². The summed E-state index contributed by atoms with van der Waals surface area (Å²) in [5.41, 5.74) is 8.51. The normalized spacial score (nSPS) is 11.8. The molecule has 2 aromatic rings. The Labute approximate surface area is 106 Å². The molecule has 2 rings (SSSR count). The van der Waals surface area contributed by atoms with Gasteiger partial charge in [0, 0.05) is 10.4 Å². The van der Waals surface area contributed by atoms with Crippen LogP contribution >= 0.6 is 11.6 Å². The third kappa shape index (κ3) is 2.44. The lowest BCUT2D eigenvalue weighted by Gasteiger charge is -2.15. The molecule has 0 bridgehead atoms. The minimum Gasteiger partial charge on any atom is -0.396 e. The van der Waals surface area contributed by atoms with Gasteiger partial charge in [-0.2, -0.15) is 5.10 Å². The zero-order valence-electron chi connectivity index (χ0n) is 10.2. The largest absolute Gasteiger partial charge is 0.396 e. The second-order valence-electron chi connectivity index (χ2n) is 5.10. The van der Waals surface area contributed by atoms with Crippen LogP contribution in [0.3, 0.4) is 0 Å². The number of nitrogens with two attached hydrogens (primary N) is 1. The van der Waals surface area contributed by atoms with Gasteiger partial charge in [-0.05, 0) is 24.3 Å². The molecular formula is C13H16ClN3. The topological polar surface area (TPSA) is 43.8 Å². The summed E-state index contributed by atoms with van der Waals surface area (Å²) >= 11 is 5.85. The predicted octanol–water partition coefficient (Wildman–Crippen LogP) is 3.41. The molecule has 0 saturated carbocycles. The number of hydrogen-bond donors (Lipinski definition) is 1. The third-order valence-corrected chi connectivity index (χ3v) is 2.80. The molecule has 2 N–H and O–H groups in total. The van der Waals surface area contributed by atoms with E-state index in [1.165, 1.54) is 0 Å². The fraction of sp³-hybridized carbons (Fsp3) is 0.308. The molecular weight excluding hydrogens is 234 g/mol. The van der Waals surface area contributed by atoms with Crippen molar-refractivity contribution >= 4 is 17.3 Å². The van der Waals surface area contributed by atoms with Crippen molar-refractivity contribution in [2.45, 2.75) is 26.2 Å². The summed E-state index contributed by atoms with van der Waals surface area (Å²) in [6.07, 6.45) is 1.84. The van der Waals surface area contributed by atoms with E-state index >= 15 is 0 Å². The van der Waals surface area contributed by atoms with E-state index in [2.05, 4.69) is 25.9 Å². The average molecular weight is 250 g/mol. The van der Waals surface area contributed by atoms with Gasteiger partial charge >= 0.3 is 0 Å². The van der Waals surface area contributed by atoms with E-state index in [0.29, 0.717) is 10.7 Å². The number of benzene rings is 1. The zero-order chi connectivity index (χ0) is 12.6. The first-order valence-electron chi connectivity index (χ1n) is 5.49. The molecule has 1 heterocycles. The lowest BCUT2D eigenvalue weighted by atomic mass is 9.92. The van der Waals surface area contributed by atoms with Crippen molar-refractivity contribution in [3.8, 4) is 5.69 Å². The van der Waals surface area contributed by atoms with Gasteiger partial charge in [-0.15, -0.1) is 0 Å². The van der Waals surface area contributed by atoms with Gasteiger partial charge < -0.3 is 5.73 Å². The van der Waals surface area contributed by atoms with Crippen LogP contribution in [0.1, 0.15) is 26.5 Å². The molecule has 3 nitrogen and oxygen atoms in total. The van der Waals surface area contributed by atoms with Crippen LogP contribution in [-0.2, 0) is 5.41 Å². The molecule has 17 heavy (non-hydrogen) atoms. The minimum absolute atomic E-state index is 0.0538. The molecule has 0 radical (unpaired) electrons. The van der Waals surface area contributed by atoms with Gasteiger partial charge in [0.2, 0.25) is 0 Å². The van der Waals surface area contributed by atoms with Gasteiger partial charge in [0.15, 0.2) is 0 Å². The number of aromatic nitrogens is 2. The molecule has 0 aliphatic heterocycles. The molecule has 1 aromatic heterocycles. The average Bonchev–Trinajstić information content (AvgIpc) is 2.61. The first-order chi connectivity index (χ1) is 7.88. The van der Waals surface area contributed by atoms with Crippen molar-refractivity contribution in [3.63, 3.8) is 0 Å². The zero-order valence-corrected chi connectivity index (χ0v) is 11.0. The number of nitrogen functional groups attached to an aromatic ring is 1. The second-order valence-corrected chi connectivity index (χ2v) is 5.54. The molecule has 0 fully saturated rings. The van der Waals surface area contributed by atoms with Crippen LogP contribution in [0.4, 0.5) is 5.69 Å². The molecule has 90 valence electrons. The summed E-state index contributed by atoms with van der Waals surface area (Å²) in [6.45, 7) is 6.29. The second kappa shape index (κ2) is 4.08. The number of hydrogen-bond acceptors (Lipinski definition) is 2. The van der Waals surface area contributed by atoms with Crippen molar-refractivity contribution in [1.82, 2.24) is 9.78 Å². The standard InChI is InChI=1S/C13H16ClN3/c1-13(2,3)12-11(15)8-17(16-12)10-6-4-9(14)5-7-10/h4-8H,15H2,1-3H3. The minimum atomic E-state index is -0.0538. The van der Waals surface area contributed by atoms with Crippen LogP contribution < -0.4 is 5.73 Å². The summed E-state index contributed by atoms with van der Waals surface area (Å²) in [4.78, 5) is 0. The molecule has 0 amide bonds. The SMILES string of the molecule is CC(C)(C)c1nn(-c2ccc(Cl)cc2)cc1N. The van der Waals surface area contributed by atoms with Crippen LogP contribution in [-0.4, -0.2) is 9.78 Å². The fourth-order valence-corrected chi connectivity index (χ4v) is 1.82. The summed E-state index contributed by atoms with van der Waals surface area (Å²) in [5.74, 6) is 0. The van der Waals surface area contributed by atoms with Crippen molar-refractivity contribution in [1.29, 1.82) is 0 Å². The van der Waals surface area contributed by atoms with E-state index in [4.69, 9.17) is 17.3 Å². The highest BCUT2D eigenvalue weighted by Gasteiger charge is 2.21. The summed E-state index contributed by atoms with van der Waals surface area (Å²) < 4.78 is 1.78. The quantitative estimate of drug-likeness (QED) is 0.842. The Hall–Kier alpha value is -1.48. The van der Waals surface area contributed by atoms with Crippen LogP contribution in [0.5, 0.6) is 0 Å². The number of anilines is 1. The van der Waals surface area contributed by atoms with Gasteiger partial charge in [-0.1, -0.05) is 32.4 Å². The van der Waals surface area contributed by atoms with Crippen LogP contribution in [0.2, 0.25) is 5.02 Å². The predicted molar refractivity (Wildman–Crippen MR) is 71.7 cm³/mol. The van der Waals surface area contributed by atoms with Crippen molar-refractivity contribution in [2.75, 3.05) is 5.73 Å². The smallest absolute Gasteiger partial charge is 0.0911 e. The van der Waals surface area contributed by atoms with Gasteiger partial charge in [0.05, 0.1) is 23.3 Å². The first kappa shape index (κ1) is 12.0. The highest BCUT2D eigenvalue weighted by molar-refractivity contribution is 6.30. The van der Waals surface area contributed by atoms with Gasteiger partial charge in [0.25, 0.3) is 0 Å². The van der Waals surface area contributed by atoms with Crippen molar-refractivity contribution < 1.29 is 0 Å². The fourth-order valence-electron chi connectivity index (χ4n) is 1.70. The first-order valence-corrected chi connectivity index (χ1v) is 5.87. The molecule has 0 spiro atoms. The number of rotatable bonds is 1. The molecule has 0 aliphatic rings. The Balaban J connectivity index is 2.45. The van der Waals surface area contributed by atoms with Crippen LogP contribution in [0.25, 0.3) is 5.69 Å². The van der Waals surface area contributed by atoms with Crippen molar-refractivity contribution in [2.24, 2.45) is 0 Å².